The number of hydrogen-bond donors (Lipinski definition) is 0. The topological polar surface area (TPSA) is 78.9 Å². The first-order valence-corrected chi connectivity index (χ1v) is 27.1. The van der Waals surface area contributed by atoms with Crippen LogP contribution in [0.2, 0.25) is 0 Å². The SMILES string of the molecule is CCC(C)CCCCCCCCCCC(=O)OC[C@@H](COC(=O)CCCCCCCCCCCCC(C)C)OC(=O)CCCCCCCCCCCCCCCCCC(C)C. The molecule has 61 heavy (non-hydrogen) atoms. The predicted octanol–water partition coefficient (Wildman–Crippen LogP) is 17.6. The number of rotatable bonds is 48. The van der Waals surface area contributed by atoms with Gasteiger partial charge in [0.25, 0.3) is 0 Å². The van der Waals surface area contributed by atoms with Gasteiger partial charge < -0.3 is 14.2 Å². The number of hydrogen-bond acceptors (Lipinski definition) is 6. The molecule has 6 heteroatoms. The largest absolute Gasteiger partial charge is 0.462 e. The first-order chi connectivity index (χ1) is 29.6. The van der Waals surface area contributed by atoms with Gasteiger partial charge in [0.15, 0.2) is 6.10 Å². The average molecular weight is 863 g/mol. The summed E-state index contributed by atoms with van der Waals surface area (Å²) in [6.07, 6.45) is 46.6. The predicted molar refractivity (Wildman–Crippen MR) is 261 cm³/mol. The quantitative estimate of drug-likeness (QED) is 0.0344. The Labute approximate surface area is 380 Å². The first-order valence-electron chi connectivity index (χ1n) is 27.1. The van der Waals surface area contributed by atoms with E-state index < -0.39 is 6.10 Å². The highest BCUT2D eigenvalue weighted by Crippen LogP contribution is 2.18. The Kier molecular flexibility index (Phi) is 45.2. The van der Waals surface area contributed by atoms with Crippen LogP contribution in [0.15, 0.2) is 0 Å². The van der Waals surface area contributed by atoms with E-state index in [1.807, 2.05) is 0 Å². The molecular formula is C55H106O6. The standard InChI is InChI=1S/C55H106O6/c1-7-51(6)43-37-31-25-21-22-27-33-39-45-54(57)60-48-52(47-59-53(56)44-38-32-26-19-16-15-18-24-30-36-42-50(4)5)61-55(58)46-40-34-28-20-14-12-10-8-9-11-13-17-23-29-35-41-49(2)3/h49-52H,7-48H2,1-6H3/t51?,52-/m1/s1. The maximum Gasteiger partial charge on any atom is 0.306 e. The molecule has 0 heterocycles. The van der Waals surface area contributed by atoms with Crippen molar-refractivity contribution in [1.29, 1.82) is 0 Å². The van der Waals surface area contributed by atoms with Crippen LogP contribution >= 0.6 is 0 Å². The van der Waals surface area contributed by atoms with Crippen LogP contribution in [0.5, 0.6) is 0 Å². The zero-order valence-corrected chi connectivity index (χ0v) is 42.0. The second kappa shape index (κ2) is 46.4. The van der Waals surface area contributed by atoms with Gasteiger partial charge in [-0.05, 0) is 37.0 Å². The Morgan fingerprint density at radius 3 is 0.852 bits per heavy atom. The van der Waals surface area contributed by atoms with Crippen molar-refractivity contribution in [1.82, 2.24) is 0 Å². The van der Waals surface area contributed by atoms with Crippen molar-refractivity contribution in [3.8, 4) is 0 Å². The van der Waals surface area contributed by atoms with E-state index >= 15 is 0 Å². The van der Waals surface area contributed by atoms with E-state index in [0.29, 0.717) is 19.3 Å². The molecule has 6 nitrogen and oxygen atoms in total. The molecule has 0 radical (unpaired) electrons. The summed E-state index contributed by atoms with van der Waals surface area (Å²) in [6.45, 7) is 13.7. The molecule has 0 aliphatic heterocycles. The molecule has 0 amide bonds. The third-order valence-electron chi connectivity index (χ3n) is 12.8. The average Bonchev–Trinajstić information content (AvgIpc) is 3.23. The third-order valence-corrected chi connectivity index (χ3v) is 12.8. The number of unbranched alkanes of at least 4 members (excludes halogenated alkanes) is 30. The zero-order valence-electron chi connectivity index (χ0n) is 42.0. The van der Waals surface area contributed by atoms with Gasteiger partial charge in [-0.1, -0.05) is 260 Å². The number of carbonyl (C=O) groups excluding carboxylic acids is 3. The van der Waals surface area contributed by atoms with E-state index in [-0.39, 0.29) is 31.1 Å². The summed E-state index contributed by atoms with van der Waals surface area (Å²) >= 11 is 0. The van der Waals surface area contributed by atoms with Gasteiger partial charge in [-0.2, -0.15) is 0 Å². The van der Waals surface area contributed by atoms with Crippen molar-refractivity contribution >= 4 is 17.9 Å². The van der Waals surface area contributed by atoms with Crippen LogP contribution in [0.1, 0.15) is 298 Å². The van der Waals surface area contributed by atoms with Crippen LogP contribution in [0.25, 0.3) is 0 Å². The van der Waals surface area contributed by atoms with Crippen LogP contribution < -0.4 is 0 Å². The zero-order chi connectivity index (χ0) is 44.9. The Morgan fingerprint density at radius 2 is 0.574 bits per heavy atom. The van der Waals surface area contributed by atoms with Gasteiger partial charge in [0.2, 0.25) is 0 Å². The van der Waals surface area contributed by atoms with Crippen molar-refractivity contribution in [3.05, 3.63) is 0 Å². The second-order valence-electron chi connectivity index (χ2n) is 20.1. The van der Waals surface area contributed by atoms with Crippen molar-refractivity contribution in [2.75, 3.05) is 13.2 Å². The molecule has 0 saturated heterocycles. The highest BCUT2D eigenvalue weighted by molar-refractivity contribution is 5.71. The minimum Gasteiger partial charge on any atom is -0.462 e. The first kappa shape index (κ1) is 59.4. The van der Waals surface area contributed by atoms with Crippen LogP contribution in [-0.2, 0) is 28.6 Å². The van der Waals surface area contributed by atoms with Crippen molar-refractivity contribution < 1.29 is 28.6 Å². The fourth-order valence-electron chi connectivity index (χ4n) is 8.26. The molecule has 0 spiro atoms. The molecule has 0 rings (SSSR count). The van der Waals surface area contributed by atoms with Gasteiger partial charge in [-0.25, -0.2) is 0 Å². The molecule has 0 aromatic carbocycles. The van der Waals surface area contributed by atoms with Gasteiger partial charge >= 0.3 is 17.9 Å². The molecule has 0 saturated carbocycles. The molecule has 362 valence electrons. The van der Waals surface area contributed by atoms with E-state index in [0.717, 1.165) is 75.5 Å². The Balaban J connectivity index is 4.30. The van der Waals surface area contributed by atoms with Gasteiger partial charge in [0, 0.05) is 19.3 Å². The Bertz CT molecular complexity index is 947. The molecule has 0 aliphatic rings. The molecule has 1 unspecified atom stereocenters. The highest BCUT2D eigenvalue weighted by atomic mass is 16.6. The minimum atomic E-state index is -0.763. The monoisotopic (exact) mass is 863 g/mol. The van der Waals surface area contributed by atoms with Crippen molar-refractivity contribution in [3.63, 3.8) is 0 Å². The summed E-state index contributed by atoms with van der Waals surface area (Å²) in [5, 5.41) is 0. The molecule has 0 N–H and O–H groups in total. The van der Waals surface area contributed by atoms with E-state index in [1.165, 1.54) is 180 Å². The Hall–Kier alpha value is -1.59. The van der Waals surface area contributed by atoms with Crippen molar-refractivity contribution in [2.45, 2.75) is 304 Å². The maximum absolute atomic E-state index is 12.8. The Morgan fingerprint density at radius 1 is 0.328 bits per heavy atom. The number of ether oxygens (including phenoxy) is 3. The second-order valence-corrected chi connectivity index (χ2v) is 20.1. The normalized spacial score (nSPS) is 12.6. The van der Waals surface area contributed by atoms with Gasteiger partial charge in [0.1, 0.15) is 13.2 Å². The van der Waals surface area contributed by atoms with Crippen LogP contribution in [-0.4, -0.2) is 37.2 Å². The number of carbonyl (C=O) groups is 3. The molecule has 0 aliphatic carbocycles. The summed E-state index contributed by atoms with van der Waals surface area (Å²) in [4.78, 5) is 38.0. The molecule has 0 aromatic heterocycles. The van der Waals surface area contributed by atoms with E-state index in [2.05, 4.69) is 41.5 Å². The summed E-state index contributed by atoms with van der Waals surface area (Å²) < 4.78 is 16.8. The van der Waals surface area contributed by atoms with Crippen LogP contribution in [0.3, 0.4) is 0 Å². The van der Waals surface area contributed by atoms with Gasteiger partial charge in [-0.15, -0.1) is 0 Å². The summed E-state index contributed by atoms with van der Waals surface area (Å²) in [6, 6.07) is 0. The molecule has 0 aromatic rings. The van der Waals surface area contributed by atoms with E-state index in [1.54, 1.807) is 0 Å². The van der Waals surface area contributed by atoms with E-state index in [4.69, 9.17) is 14.2 Å². The summed E-state index contributed by atoms with van der Waals surface area (Å²) in [5.41, 5.74) is 0. The van der Waals surface area contributed by atoms with Crippen LogP contribution in [0.4, 0.5) is 0 Å². The smallest absolute Gasteiger partial charge is 0.306 e. The fraction of sp³-hybridized carbons (Fsp3) is 0.945. The minimum absolute atomic E-state index is 0.0647. The number of esters is 3. The molecule has 0 bridgehead atoms. The highest BCUT2D eigenvalue weighted by Gasteiger charge is 2.19. The van der Waals surface area contributed by atoms with Gasteiger partial charge in [0.05, 0.1) is 0 Å². The maximum atomic E-state index is 12.8. The lowest BCUT2D eigenvalue weighted by atomic mass is 9.99. The van der Waals surface area contributed by atoms with E-state index in [9.17, 15) is 14.4 Å². The lowest BCUT2D eigenvalue weighted by Gasteiger charge is -2.18. The fourth-order valence-corrected chi connectivity index (χ4v) is 8.26. The molecular weight excluding hydrogens is 757 g/mol. The van der Waals surface area contributed by atoms with Crippen LogP contribution in [0, 0.1) is 17.8 Å². The summed E-state index contributed by atoms with van der Waals surface area (Å²) in [5.74, 6) is 1.66. The molecule has 0 fully saturated rings. The summed E-state index contributed by atoms with van der Waals surface area (Å²) in [7, 11) is 0. The van der Waals surface area contributed by atoms with Crippen molar-refractivity contribution in [2.24, 2.45) is 17.8 Å². The lowest BCUT2D eigenvalue weighted by molar-refractivity contribution is -0.167. The molecule has 2 atom stereocenters. The van der Waals surface area contributed by atoms with Gasteiger partial charge in [-0.3, -0.25) is 14.4 Å². The third kappa shape index (κ3) is 47.7. The lowest BCUT2D eigenvalue weighted by Crippen LogP contribution is -2.30.